The number of amides is 1. The summed E-state index contributed by atoms with van der Waals surface area (Å²) in [6.07, 6.45) is 1.57. The van der Waals surface area contributed by atoms with Crippen molar-refractivity contribution in [2.24, 2.45) is 5.92 Å². The summed E-state index contributed by atoms with van der Waals surface area (Å²) in [5.41, 5.74) is 3.13. The third-order valence-electron chi connectivity index (χ3n) is 5.17. The second-order valence-corrected chi connectivity index (χ2v) is 7.18. The molecule has 1 atom stereocenters. The summed E-state index contributed by atoms with van der Waals surface area (Å²) in [4.78, 5) is 19.2. The summed E-state index contributed by atoms with van der Waals surface area (Å²) < 4.78 is 16.3. The van der Waals surface area contributed by atoms with Crippen LogP contribution >= 0.6 is 0 Å². The largest absolute Gasteiger partial charge is 0.497 e. The molecule has 0 unspecified atom stereocenters. The SMILES string of the molecule is COC[C@H]1CCN(C(=O)c2ccc3nc(Cc4ccc(OC)cc4)oc3c2)C1. The van der Waals surface area contributed by atoms with Gasteiger partial charge in [0, 0.05) is 38.1 Å². The van der Waals surface area contributed by atoms with E-state index in [1.807, 2.05) is 41.3 Å². The highest BCUT2D eigenvalue weighted by molar-refractivity contribution is 5.97. The van der Waals surface area contributed by atoms with Gasteiger partial charge in [-0.3, -0.25) is 4.79 Å². The zero-order chi connectivity index (χ0) is 19.5. The van der Waals surface area contributed by atoms with Gasteiger partial charge in [-0.25, -0.2) is 4.98 Å². The average molecular weight is 380 g/mol. The van der Waals surface area contributed by atoms with E-state index in [4.69, 9.17) is 13.9 Å². The van der Waals surface area contributed by atoms with Crippen molar-refractivity contribution in [2.75, 3.05) is 33.9 Å². The number of hydrogen-bond acceptors (Lipinski definition) is 5. The number of carbonyl (C=O) groups is 1. The van der Waals surface area contributed by atoms with Gasteiger partial charge < -0.3 is 18.8 Å². The molecular weight excluding hydrogens is 356 g/mol. The van der Waals surface area contributed by atoms with Crippen molar-refractivity contribution < 1.29 is 18.7 Å². The van der Waals surface area contributed by atoms with Crippen molar-refractivity contribution in [1.82, 2.24) is 9.88 Å². The van der Waals surface area contributed by atoms with E-state index in [1.165, 1.54) is 0 Å². The Labute approximate surface area is 164 Å². The minimum absolute atomic E-state index is 0.0357. The number of benzene rings is 2. The highest BCUT2D eigenvalue weighted by atomic mass is 16.5. The summed E-state index contributed by atoms with van der Waals surface area (Å²) >= 11 is 0. The second-order valence-electron chi connectivity index (χ2n) is 7.18. The number of methoxy groups -OCH3 is 2. The van der Waals surface area contributed by atoms with Gasteiger partial charge in [0.05, 0.1) is 13.7 Å². The first kappa shape index (κ1) is 18.5. The van der Waals surface area contributed by atoms with Gasteiger partial charge >= 0.3 is 0 Å². The van der Waals surface area contributed by atoms with Crippen LogP contribution in [0.2, 0.25) is 0 Å². The summed E-state index contributed by atoms with van der Waals surface area (Å²) in [5, 5.41) is 0. The molecule has 4 rings (SSSR count). The summed E-state index contributed by atoms with van der Waals surface area (Å²) in [7, 11) is 3.35. The zero-order valence-corrected chi connectivity index (χ0v) is 16.2. The molecular formula is C22H24N2O4. The summed E-state index contributed by atoms with van der Waals surface area (Å²) in [5.74, 6) is 1.90. The Balaban J connectivity index is 1.49. The number of aromatic nitrogens is 1. The lowest BCUT2D eigenvalue weighted by molar-refractivity contribution is 0.0775. The normalized spacial score (nSPS) is 16.6. The number of carbonyl (C=O) groups excluding carboxylic acids is 1. The molecule has 3 aromatic rings. The van der Waals surface area contributed by atoms with Gasteiger partial charge in [0.25, 0.3) is 5.91 Å². The molecule has 0 N–H and O–H groups in total. The molecule has 1 aromatic heterocycles. The molecule has 1 saturated heterocycles. The number of hydrogen-bond donors (Lipinski definition) is 0. The first-order valence-electron chi connectivity index (χ1n) is 9.47. The Morgan fingerprint density at radius 1 is 1.21 bits per heavy atom. The number of nitrogens with zero attached hydrogens (tertiary/aromatic N) is 2. The quantitative estimate of drug-likeness (QED) is 0.654. The highest BCUT2D eigenvalue weighted by Crippen LogP contribution is 2.23. The van der Waals surface area contributed by atoms with Gasteiger partial charge in [-0.1, -0.05) is 12.1 Å². The predicted molar refractivity (Wildman–Crippen MR) is 106 cm³/mol. The van der Waals surface area contributed by atoms with E-state index in [0.717, 1.165) is 36.3 Å². The van der Waals surface area contributed by atoms with Crippen molar-refractivity contribution in [1.29, 1.82) is 0 Å². The Kier molecular flexibility index (Phi) is 5.30. The van der Waals surface area contributed by atoms with Crippen LogP contribution in [-0.4, -0.2) is 49.7 Å². The minimum atomic E-state index is 0.0357. The van der Waals surface area contributed by atoms with E-state index < -0.39 is 0 Å². The van der Waals surface area contributed by atoms with Crippen LogP contribution in [-0.2, 0) is 11.2 Å². The fourth-order valence-electron chi connectivity index (χ4n) is 3.67. The van der Waals surface area contributed by atoms with E-state index >= 15 is 0 Å². The van der Waals surface area contributed by atoms with Crippen molar-refractivity contribution >= 4 is 17.0 Å². The van der Waals surface area contributed by atoms with Crippen LogP contribution < -0.4 is 4.74 Å². The van der Waals surface area contributed by atoms with Crippen LogP contribution in [0.3, 0.4) is 0 Å². The molecule has 6 heteroatoms. The van der Waals surface area contributed by atoms with Crippen LogP contribution in [0.5, 0.6) is 5.75 Å². The van der Waals surface area contributed by atoms with Crippen molar-refractivity contribution in [3.05, 3.63) is 59.5 Å². The molecule has 1 aliphatic heterocycles. The number of fused-ring (bicyclic) bond motifs is 1. The molecule has 2 heterocycles. The molecule has 0 saturated carbocycles. The van der Waals surface area contributed by atoms with Crippen LogP contribution in [0.4, 0.5) is 0 Å². The van der Waals surface area contributed by atoms with Gasteiger partial charge in [-0.2, -0.15) is 0 Å². The third kappa shape index (κ3) is 3.87. The van der Waals surface area contributed by atoms with Gasteiger partial charge in [-0.05, 0) is 42.3 Å². The molecule has 0 bridgehead atoms. The summed E-state index contributed by atoms with van der Waals surface area (Å²) in [6.45, 7) is 2.20. The molecule has 1 fully saturated rings. The highest BCUT2D eigenvalue weighted by Gasteiger charge is 2.27. The van der Waals surface area contributed by atoms with Crippen molar-refractivity contribution in [2.45, 2.75) is 12.8 Å². The fourth-order valence-corrected chi connectivity index (χ4v) is 3.67. The monoisotopic (exact) mass is 380 g/mol. The summed E-state index contributed by atoms with van der Waals surface area (Å²) in [6, 6.07) is 13.3. The molecule has 28 heavy (non-hydrogen) atoms. The van der Waals surface area contributed by atoms with Crippen molar-refractivity contribution in [3.8, 4) is 5.75 Å². The van der Waals surface area contributed by atoms with Crippen molar-refractivity contribution in [3.63, 3.8) is 0 Å². The van der Waals surface area contributed by atoms with Gasteiger partial charge in [0.1, 0.15) is 11.3 Å². The number of likely N-dealkylation sites (tertiary alicyclic amines) is 1. The Bertz CT molecular complexity index is 964. The zero-order valence-electron chi connectivity index (χ0n) is 16.2. The molecule has 1 amide bonds. The first-order chi connectivity index (χ1) is 13.7. The van der Waals surface area contributed by atoms with Gasteiger partial charge in [0.2, 0.25) is 0 Å². The molecule has 0 aliphatic carbocycles. The van der Waals surface area contributed by atoms with Gasteiger partial charge in [0.15, 0.2) is 11.5 Å². The van der Waals surface area contributed by atoms with E-state index in [2.05, 4.69) is 4.98 Å². The lowest BCUT2D eigenvalue weighted by Crippen LogP contribution is -2.29. The van der Waals surface area contributed by atoms with Crippen LogP contribution in [0, 0.1) is 5.92 Å². The molecule has 1 aliphatic rings. The maximum atomic E-state index is 12.8. The fraction of sp³-hybridized carbons (Fsp3) is 0.364. The van der Waals surface area contributed by atoms with Crippen LogP contribution in [0.1, 0.15) is 28.2 Å². The van der Waals surface area contributed by atoms with E-state index in [9.17, 15) is 4.79 Å². The van der Waals surface area contributed by atoms with E-state index in [-0.39, 0.29) is 5.91 Å². The molecule has 2 aromatic carbocycles. The lowest BCUT2D eigenvalue weighted by atomic mass is 10.1. The Hall–Kier alpha value is -2.86. The van der Waals surface area contributed by atoms with E-state index in [1.54, 1.807) is 20.3 Å². The number of rotatable bonds is 6. The second kappa shape index (κ2) is 8.02. The molecule has 6 nitrogen and oxygen atoms in total. The number of oxazole rings is 1. The van der Waals surface area contributed by atoms with Crippen LogP contribution in [0.15, 0.2) is 46.9 Å². The molecule has 0 radical (unpaired) electrons. The smallest absolute Gasteiger partial charge is 0.254 e. The third-order valence-corrected chi connectivity index (χ3v) is 5.17. The Morgan fingerprint density at radius 2 is 2.04 bits per heavy atom. The average Bonchev–Trinajstić information content (AvgIpc) is 3.34. The van der Waals surface area contributed by atoms with E-state index in [0.29, 0.717) is 36.0 Å². The van der Waals surface area contributed by atoms with Crippen LogP contribution in [0.25, 0.3) is 11.1 Å². The minimum Gasteiger partial charge on any atom is -0.497 e. The standard InChI is InChI=1S/C22H24N2O4/c1-26-14-16-9-10-24(13-16)22(25)17-5-8-19-20(12-17)28-21(23-19)11-15-3-6-18(27-2)7-4-15/h3-8,12,16H,9-11,13-14H2,1-2H3/t16-/m0/s1. The molecule has 0 spiro atoms. The topological polar surface area (TPSA) is 64.8 Å². The van der Waals surface area contributed by atoms with Gasteiger partial charge in [-0.15, -0.1) is 0 Å². The number of ether oxygens (including phenoxy) is 2. The lowest BCUT2D eigenvalue weighted by Gasteiger charge is -2.16. The maximum Gasteiger partial charge on any atom is 0.254 e. The first-order valence-corrected chi connectivity index (χ1v) is 9.47. The molecule has 146 valence electrons. The Morgan fingerprint density at radius 3 is 2.79 bits per heavy atom. The maximum absolute atomic E-state index is 12.8. The predicted octanol–water partition coefficient (Wildman–Crippen LogP) is 3.54.